The van der Waals surface area contributed by atoms with Gasteiger partial charge in [0.15, 0.2) is 10.3 Å². The second-order valence-corrected chi connectivity index (χ2v) is 5.26. The van der Waals surface area contributed by atoms with E-state index in [-0.39, 0.29) is 0 Å². The lowest BCUT2D eigenvalue weighted by atomic mass is 10.1. The number of hydrogen-bond acceptors (Lipinski definition) is 6. The summed E-state index contributed by atoms with van der Waals surface area (Å²) in [5.74, 6) is 0. The highest BCUT2D eigenvalue weighted by Gasteiger charge is 2.17. The fourth-order valence-electron chi connectivity index (χ4n) is 2.48. The van der Waals surface area contributed by atoms with E-state index in [1.165, 1.54) is 0 Å². The van der Waals surface area contributed by atoms with Gasteiger partial charge in [-0.15, -0.1) is 25.3 Å². The molecular weight excluding hydrogens is 302 g/mol. The van der Waals surface area contributed by atoms with Gasteiger partial charge in [0.25, 0.3) is 0 Å². The average molecular weight is 311 g/mol. The highest BCUT2D eigenvalue weighted by molar-refractivity contribution is 7.80. The molecule has 0 unspecified atom stereocenters. The number of thiol groups is 2. The molecule has 0 saturated heterocycles. The summed E-state index contributed by atoms with van der Waals surface area (Å²) in [5.41, 5.74) is 3.54. The molecule has 0 saturated carbocycles. The first-order valence-corrected chi connectivity index (χ1v) is 7.10. The van der Waals surface area contributed by atoms with Gasteiger partial charge in [-0.3, -0.25) is 4.40 Å². The third kappa shape index (κ3) is 1.89. The second kappa shape index (κ2) is 4.71. The molecule has 0 atom stereocenters. The van der Waals surface area contributed by atoms with Crippen LogP contribution in [0, 0.1) is 0 Å². The molecule has 0 aliphatic rings. The third-order valence-corrected chi connectivity index (χ3v) is 3.82. The molecule has 0 N–H and O–H groups in total. The molecule has 4 aromatic rings. The number of nitrogens with zero attached hydrogens (tertiary/aromatic N) is 5. The summed E-state index contributed by atoms with van der Waals surface area (Å²) >= 11 is 8.66. The van der Waals surface area contributed by atoms with Crippen LogP contribution >= 0.6 is 25.3 Å². The van der Waals surface area contributed by atoms with Crippen molar-refractivity contribution in [3.05, 3.63) is 42.9 Å². The molecule has 4 heterocycles. The largest absolute Gasteiger partial charge is 0.272 e. The Morgan fingerprint density at radius 2 is 1.76 bits per heavy atom. The van der Waals surface area contributed by atoms with Crippen molar-refractivity contribution in [3.8, 4) is 11.3 Å². The van der Waals surface area contributed by atoms with Crippen molar-refractivity contribution in [2.45, 2.75) is 10.3 Å². The molecule has 5 nitrogen and oxygen atoms in total. The lowest BCUT2D eigenvalue weighted by molar-refractivity contribution is 0.926. The molecule has 0 fully saturated rings. The summed E-state index contributed by atoms with van der Waals surface area (Å²) in [6, 6.07) is 7.70. The Hall–Kier alpha value is -2.12. The van der Waals surface area contributed by atoms with Gasteiger partial charge in [0.2, 0.25) is 0 Å². The molecule has 21 heavy (non-hydrogen) atoms. The van der Waals surface area contributed by atoms with Crippen LogP contribution in [0.2, 0.25) is 0 Å². The first-order chi connectivity index (χ1) is 10.3. The molecule has 0 spiro atoms. The van der Waals surface area contributed by atoms with Crippen LogP contribution in [0.3, 0.4) is 0 Å². The standard InChI is InChI=1S/C14H9N5S2/c20-13-16-6-3-9(18-13)11-8-2-1-5-15-12(8)19-10(11)4-7-17-14(19)21/h1-7H,(H,17,21)(H,16,18,20). The number of aromatic nitrogens is 5. The number of pyridine rings is 1. The van der Waals surface area contributed by atoms with Crippen LogP contribution in [-0.2, 0) is 0 Å². The fraction of sp³-hybridized carbons (Fsp3) is 0. The predicted octanol–water partition coefficient (Wildman–Crippen LogP) is 2.92. The van der Waals surface area contributed by atoms with Crippen LogP contribution in [0.15, 0.2) is 53.2 Å². The van der Waals surface area contributed by atoms with Gasteiger partial charge in [-0.2, -0.15) is 0 Å². The summed E-state index contributed by atoms with van der Waals surface area (Å²) in [5, 5.41) is 2.01. The Labute approximate surface area is 130 Å². The first-order valence-electron chi connectivity index (χ1n) is 6.21. The second-order valence-electron chi connectivity index (χ2n) is 4.46. The van der Waals surface area contributed by atoms with E-state index in [0.717, 1.165) is 27.8 Å². The van der Waals surface area contributed by atoms with Gasteiger partial charge in [0.05, 0.1) is 11.2 Å². The van der Waals surface area contributed by atoms with Crippen molar-refractivity contribution in [3.63, 3.8) is 0 Å². The fourth-order valence-corrected chi connectivity index (χ4v) is 2.93. The topological polar surface area (TPSA) is 56.0 Å². The molecule has 4 rings (SSSR count). The summed E-state index contributed by atoms with van der Waals surface area (Å²) < 4.78 is 1.91. The molecule has 0 aliphatic carbocycles. The molecule has 0 radical (unpaired) electrons. The number of hydrogen-bond donors (Lipinski definition) is 2. The van der Waals surface area contributed by atoms with Crippen LogP contribution in [0.5, 0.6) is 0 Å². The Morgan fingerprint density at radius 3 is 2.62 bits per heavy atom. The zero-order valence-electron chi connectivity index (χ0n) is 10.7. The normalized spacial score (nSPS) is 11.3. The Kier molecular flexibility index (Phi) is 2.83. The average Bonchev–Trinajstić information content (AvgIpc) is 2.83. The van der Waals surface area contributed by atoms with Crippen LogP contribution in [0.1, 0.15) is 0 Å². The van der Waals surface area contributed by atoms with E-state index in [1.807, 2.05) is 28.7 Å². The van der Waals surface area contributed by atoms with Crippen LogP contribution in [0.25, 0.3) is 27.8 Å². The smallest absolute Gasteiger partial charge is 0.184 e. The number of fused-ring (bicyclic) bond motifs is 3. The van der Waals surface area contributed by atoms with Crippen LogP contribution in [0.4, 0.5) is 0 Å². The van der Waals surface area contributed by atoms with E-state index in [1.54, 1.807) is 18.6 Å². The molecule has 4 aromatic heterocycles. The van der Waals surface area contributed by atoms with Gasteiger partial charge in [0.1, 0.15) is 5.65 Å². The van der Waals surface area contributed by atoms with E-state index >= 15 is 0 Å². The number of rotatable bonds is 1. The Morgan fingerprint density at radius 1 is 0.905 bits per heavy atom. The quantitative estimate of drug-likeness (QED) is 0.419. The van der Waals surface area contributed by atoms with Crippen molar-refractivity contribution >= 4 is 41.8 Å². The minimum Gasteiger partial charge on any atom is -0.272 e. The minimum absolute atomic E-state index is 0.434. The maximum atomic E-state index is 4.45. The lowest BCUT2D eigenvalue weighted by Crippen LogP contribution is -1.92. The Balaban J connectivity index is 2.23. The summed E-state index contributed by atoms with van der Waals surface area (Å²) in [6.45, 7) is 0. The van der Waals surface area contributed by atoms with Crippen molar-refractivity contribution in [1.29, 1.82) is 0 Å². The van der Waals surface area contributed by atoms with Crippen LogP contribution in [-0.4, -0.2) is 24.3 Å². The highest BCUT2D eigenvalue weighted by Crippen LogP contribution is 2.34. The molecular formula is C14H9N5S2. The minimum atomic E-state index is 0.434. The SMILES string of the molecule is Sc1nccc(-c2c3cccnc3n3c(S)nccc23)n1. The lowest BCUT2D eigenvalue weighted by Gasteiger charge is -2.01. The summed E-state index contributed by atoms with van der Waals surface area (Å²) in [7, 11) is 0. The molecule has 7 heteroatoms. The van der Waals surface area contributed by atoms with Gasteiger partial charge < -0.3 is 0 Å². The maximum absolute atomic E-state index is 4.45. The van der Waals surface area contributed by atoms with E-state index < -0.39 is 0 Å². The molecule has 0 aliphatic heterocycles. The highest BCUT2D eigenvalue weighted by atomic mass is 32.1. The molecule has 0 bridgehead atoms. The van der Waals surface area contributed by atoms with Gasteiger partial charge in [0, 0.05) is 29.5 Å². The molecule has 102 valence electrons. The van der Waals surface area contributed by atoms with Crippen molar-refractivity contribution in [1.82, 2.24) is 24.3 Å². The third-order valence-electron chi connectivity index (χ3n) is 3.29. The van der Waals surface area contributed by atoms with Crippen molar-refractivity contribution < 1.29 is 0 Å². The van der Waals surface area contributed by atoms with Gasteiger partial charge in [-0.1, -0.05) is 0 Å². The molecule has 0 amide bonds. The Bertz CT molecular complexity index is 980. The van der Waals surface area contributed by atoms with Gasteiger partial charge in [-0.25, -0.2) is 19.9 Å². The van der Waals surface area contributed by atoms with Gasteiger partial charge >= 0.3 is 0 Å². The first kappa shape index (κ1) is 12.6. The van der Waals surface area contributed by atoms with E-state index in [0.29, 0.717) is 10.3 Å². The zero-order valence-corrected chi connectivity index (χ0v) is 12.5. The van der Waals surface area contributed by atoms with Crippen molar-refractivity contribution in [2.75, 3.05) is 0 Å². The van der Waals surface area contributed by atoms with Crippen molar-refractivity contribution in [2.24, 2.45) is 0 Å². The predicted molar refractivity (Wildman–Crippen MR) is 86.0 cm³/mol. The van der Waals surface area contributed by atoms with E-state index in [9.17, 15) is 0 Å². The van der Waals surface area contributed by atoms with E-state index in [4.69, 9.17) is 0 Å². The monoisotopic (exact) mass is 311 g/mol. The van der Waals surface area contributed by atoms with E-state index in [2.05, 4.69) is 45.2 Å². The molecule has 0 aromatic carbocycles. The zero-order chi connectivity index (χ0) is 14.4. The maximum Gasteiger partial charge on any atom is 0.184 e. The summed E-state index contributed by atoms with van der Waals surface area (Å²) in [4.78, 5) is 17.1. The summed E-state index contributed by atoms with van der Waals surface area (Å²) in [6.07, 6.45) is 5.17. The van der Waals surface area contributed by atoms with Crippen LogP contribution < -0.4 is 0 Å². The van der Waals surface area contributed by atoms with Gasteiger partial charge in [-0.05, 0) is 24.3 Å².